The molecule has 2 aromatic heterocycles. The van der Waals surface area contributed by atoms with Crippen molar-refractivity contribution in [2.75, 3.05) is 6.54 Å². The van der Waals surface area contributed by atoms with Crippen LogP contribution in [0, 0.1) is 11.8 Å². The van der Waals surface area contributed by atoms with Gasteiger partial charge in [0, 0.05) is 42.3 Å². The molecule has 27 heavy (non-hydrogen) atoms. The van der Waals surface area contributed by atoms with Crippen LogP contribution in [-0.2, 0) is 4.79 Å². The lowest BCUT2D eigenvalue weighted by Crippen LogP contribution is -2.65. The summed E-state index contributed by atoms with van der Waals surface area (Å²) < 4.78 is 0. The highest BCUT2D eigenvalue weighted by Gasteiger charge is 2.54. The zero-order chi connectivity index (χ0) is 18.8. The van der Waals surface area contributed by atoms with Crippen molar-refractivity contribution in [3.8, 4) is 0 Å². The van der Waals surface area contributed by atoms with E-state index in [1.165, 1.54) is 12.8 Å². The molecule has 2 saturated carbocycles. The highest BCUT2D eigenvalue weighted by Crippen LogP contribution is 2.51. The Hall–Kier alpha value is -1.43. The van der Waals surface area contributed by atoms with Gasteiger partial charge in [0.05, 0.1) is 10.6 Å². The molecule has 4 heterocycles. The summed E-state index contributed by atoms with van der Waals surface area (Å²) in [6.07, 6.45) is 9.78. The van der Waals surface area contributed by atoms with Crippen LogP contribution in [0.5, 0.6) is 0 Å². The number of aldehydes is 1. The van der Waals surface area contributed by atoms with Crippen molar-refractivity contribution in [1.82, 2.24) is 14.9 Å². The molecule has 0 spiro atoms. The van der Waals surface area contributed by atoms with Gasteiger partial charge in [-0.2, -0.15) is 0 Å². The molecule has 4 unspecified atom stereocenters. The smallest absolute Gasteiger partial charge is 0.139 e. The molecule has 2 aliphatic carbocycles. The number of rotatable bonds is 5. The van der Waals surface area contributed by atoms with E-state index in [-0.39, 0.29) is 11.8 Å². The number of halogens is 1. The maximum absolute atomic E-state index is 12.1. The standard InChI is InChI=1S/C21H26ClN3O2/c1-12(17-9-24-20-19(17)18(22)2-3-23-20)14(11-26)10-25-15-4-13-5-16(25)8-21(27,6-13)7-15/h2-3,9,11-16,27H,4-8,10H2,1H3,(H,23,24). The monoisotopic (exact) mass is 387 g/mol. The van der Waals surface area contributed by atoms with Crippen molar-refractivity contribution in [3.05, 3.63) is 29.0 Å². The van der Waals surface area contributed by atoms with E-state index in [9.17, 15) is 9.90 Å². The minimum absolute atomic E-state index is 0.0539. The van der Waals surface area contributed by atoms with E-state index in [1.54, 1.807) is 12.3 Å². The third-order valence-electron chi connectivity index (χ3n) is 7.33. The molecule has 2 N–H and O–H groups in total. The van der Waals surface area contributed by atoms with Crippen molar-refractivity contribution in [3.63, 3.8) is 0 Å². The average Bonchev–Trinajstić information content (AvgIpc) is 3.05. The number of carbonyl (C=O) groups excluding carboxylic acids is 1. The second-order valence-corrected chi connectivity index (χ2v) is 9.43. The van der Waals surface area contributed by atoms with Crippen LogP contribution in [0.4, 0.5) is 0 Å². The zero-order valence-corrected chi connectivity index (χ0v) is 16.3. The third-order valence-corrected chi connectivity index (χ3v) is 7.65. The first-order chi connectivity index (χ1) is 13.0. The minimum Gasteiger partial charge on any atom is -0.390 e. The van der Waals surface area contributed by atoms with Gasteiger partial charge in [0.15, 0.2) is 0 Å². The van der Waals surface area contributed by atoms with Gasteiger partial charge < -0.3 is 14.9 Å². The van der Waals surface area contributed by atoms with Crippen LogP contribution in [0.25, 0.3) is 11.0 Å². The van der Waals surface area contributed by atoms with E-state index < -0.39 is 5.60 Å². The number of pyridine rings is 1. The predicted molar refractivity (Wildman–Crippen MR) is 105 cm³/mol. The van der Waals surface area contributed by atoms with Crippen molar-refractivity contribution in [2.45, 2.75) is 62.6 Å². The van der Waals surface area contributed by atoms with E-state index in [0.717, 1.165) is 48.7 Å². The molecule has 6 heteroatoms. The Morgan fingerprint density at radius 2 is 2.15 bits per heavy atom. The normalized spacial score (nSPS) is 34.9. The van der Waals surface area contributed by atoms with Crippen LogP contribution in [0.3, 0.4) is 0 Å². The summed E-state index contributed by atoms with van der Waals surface area (Å²) in [5.41, 5.74) is 1.38. The summed E-state index contributed by atoms with van der Waals surface area (Å²) in [6.45, 7) is 2.86. The second kappa shape index (κ2) is 6.29. The van der Waals surface area contributed by atoms with Crippen molar-refractivity contribution < 1.29 is 9.90 Å². The second-order valence-electron chi connectivity index (χ2n) is 9.03. The van der Waals surface area contributed by atoms with Gasteiger partial charge in [-0.05, 0) is 55.6 Å². The number of aromatic amines is 1. The van der Waals surface area contributed by atoms with Crippen LogP contribution in [0.2, 0.25) is 5.02 Å². The molecule has 4 aliphatic rings. The Labute approximate surface area is 164 Å². The minimum atomic E-state index is -0.453. The van der Waals surface area contributed by atoms with Crippen LogP contribution >= 0.6 is 11.6 Å². The number of aromatic nitrogens is 2. The Kier molecular flexibility index (Phi) is 4.12. The van der Waals surface area contributed by atoms with Crippen LogP contribution < -0.4 is 0 Å². The molecule has 0 aromatic carbocycles. The van der Waals surface area contributed by atoms with E-state index in [2.05, 4.69) is 21.8 Å². The lowest BCUT2D eigenvalue weighted by molar-refractivity contribution is -0.160. The first-order valence-corrected chi connectivity index (χ1v) is 10.4. The number of aliphatic hydroxyl groups is 1. The summed E-state index contributed by atoms with van der Waals surface area (Å²) in [6, 6.07) is 2.64. The largest absolute Gasteiger partial charge is 0.390 e. The Balaban J connectivity index is 1.40. The lowest BCUT2D eigenvalue weighted by Gasteiger charge is -2.60. The summed E-state index contributed by atoms with van der Waals surface area (Å²) in [7, 11) is 0. The van der Waals surface area contributed by atoms with Crippen molar-refractivity contribution in [2.24, 2.45) is 11.8 Å². The average molecular weight is 388 g/mol. The number of nitrogens with one attached hydrogen (secondary N) is 1. The molecule has 4 fully saturated rings. The van der Waals surface area contributed by atoms with E-state index in [1.807, 2.05) is 6.20 Å². The summed E-state index contributed by atoms with van der Waals surface area (Å²) in [5, 5.41) is 12.4. The Morgan fingerprint density at radius 3 is 2.81 bits per heavy atom. The quantitative estimate of drug-likeness (QED) is 0.770. The molecule has 6 rings (SSSR count). The number of nitrogens with zero attached hydrogens (tertiary/aromatic N) is 2. The first-order valence-electron chi connectivity index (χ1n) is 10.0. The highest BCUT2D eigenvalue weighted by atomic mass is 35.5. The van der Waals surface area contributed by atoms with Gasteiger partial charge in [-0.1, -0.05) is 18.5 Å². The third kappa shape index (κ3) is 2.82. The number of fused-ring (bicyclic) bond motifs is 1. The molecular weight excluding hydrogens is 362 g/mol. The van der Waals surface area contributed by atoms with Gasteiger partial charge in [-0.15, -0.1) is 0 Å². The van der Waals surface area contributed by atoms with Gasteiger partial charge >= 0.3 is 0 Å². The Bertz CT molecular complexity index is 865. The molecule has 2 aliphatic heterocycles. The molecule has 2 saturated heterocycles. The SMILES string of the molecule is CC(c1c[nH]c2nccc(Cl)c12)C(C=O)CN1C2CC3CC1CC(O)(C3)C2. The van der Waals surface area contributed by atoms with Crippen LogP contribution in [-0.4, -0.2) is 50.5 Å². The molecular formula is C21H26ClN3O2. The van der Waals surface area contributed by atoms with Crippen molar-refractivity contribution in [1.29, 1.82) is 0 Å². The van der Waals surface area contributed by atoms with Gasteiger partial charge in [0.2, 0.25) is 0 Å². The maximum atomic E-state index is 12.1. The fourth-order valence-corrected chi connectivity index (χ4v) is 6.41. The summed E-state index contributed by atoms with van der Waals surface area (Å²) in [4.78, 5) is 22.1. The summed E-state index contributed by atoms with van der Waals surface area (Å²) >= 11 is 6.42. The topological polar surface area (TPSA) is 69.2 Å². The zero-order valence-electron chi connectivity index (χ0n) is 15.6. The molecule has 0 radical (unpaired) electrons. The number of piperidine rings is 2. The van der Waals surface area contributed by atoms with Gasteiger partial charge in [0.1, 0.15) is 11.9 Å². The maximum Gasteiger partial charge on any atom is 0.139 e. The Morgan fingerprint density at radius 1 is 1.41 bits per heavy atom. The fraction of sp³-hybridized carbons (Fsp3) is 0.619. The molecule has 5 nitrogen and oxygen atoms in total. The lowest BCUT2D eigenvalue weighted by atomic mass is 9.61. The number of carbonyl (C=O) groups is 1. The highest BCUT2D eigenvalue weighted by molar-refractivity contribution is 6.35. The van der Waals surface area contributed by atoms with Gasteiger partial charge in [-0.3, -0.25) is 4.90 Å². The molecule has 144 valence electrons. The van der Waals surface area contributed by atoms with E-state index in [4.69, 9.17) is 11.6 Å². The predicted octanol–water partition coefficient (Wildman–Crippen LogP) is 3.51. The van der Waals surface area contributed by atoms with E-state index >= 15 is 0 Å². The fourth-order valence-electron chi connectivity index (χ4n) is 6.16. The molecule has 4 atom stereocenters. The first kappa shape index (κ1) is 17.7. The number of hydrogen-bond donors (Lipinski definition) is 2. The summed E-state index contributed by atoms with van der Waals surface area (Å²) in [5.74, 6) is 0.611. The van der Waals surface area contributed by atoms with Crippen LogP contribution in [0.15, 0.2) is 18.5 Å². The van der Waals surface area contributed by atoms with Crippen LogP contribution in [0.1, 0.15) is 50.5 Å². The van der Waals surface area contributed by atoms with Crippen molar-refractivity contribution >= 4 is 28.9 Å². The number of H-pyrrole nitrogens is 1. The van der Waals surface area contributed by atoms with Gasteiger partial charge in [-0.25, -0.2) is 4.98 Å². The molecule has 4 bridgehead atoms. The van der Waals surface area contributed by atoms with Gasteiger partial charge in [0.25, 0.3) is 0 Å². The molecule has 0 amide bonds. The molecule has 2 aromatic rings. The number of hydrogen-bond acceptors (Lipinski definition) is 4. The van der Waals surface area contributed by atoms with E-state index in [0.29, 0.717) is 23.0 Å².